The van der Waals surface area contributed by atoms with Crippen molar-refractivity contribution < 1.29 is 4.79 Å². The Balaban J connectivity index is 1.92. The number of carbonyl (C=O) groups is 1. The lowest BCUT2D eigenvalue weighted by Gasteiger charge is -2.16. The van der Waals surface area contributed by atoms with Crippen molar-refractivity contribution in [3.05, 3.63) is 63.6 Å². The summed E-state index contributed by atoms with van der Waals surface area (Å²) in [5, 5.41) is 6.78. The van der Waals surface area contributed by atoms with E-state index in [4.69, 9.17) is 35.4 Å². The number of nitrogens with one attached hydrogen (secondary N) is 2. The molecule has 0 aliphatic carbocycles. The first kappa shape index (κ1) is 19.6. The molecular weight excluding hydrogens is 371 g/mol. The number of anilines is 1. The molecule has 2 rings (SSSR count). The van der Waals surface area contributed by atoms with E-state index in [0.29, 0.717) is 21.3 Å². The van der Waals surface area contributed by atoms with Crippen LogP contribution in [0.5, 0.6) is 0 Å². The molecule has 0 aliphatic rings. The molecule has 0 aliphatic heterocycles. The maximum absolute atomic E-state index is 12.0. The Hall–Kier alpha value is -2.68. The Morgan fingerprint density at radius 2 is 2.08 bits per heavy atom. The van der Waals surface area contributed by atoms with Gasteiger partial charge in [-0.3, -0.25) is 4.79 Å². The maximum Gasteiger partial charge on any atom is 0.246 e. The second kappa shape index (κ2) is 9.14. The second-order valence-electron chi connectivity index (χ2n) is 5.51. The molecule has 0 spiro atoms. The van der Waals surface area contributed by atoms with Gasteiger partial charge in [0.25, 0.3) is 0 Å². The molecule has 0 aromatic heterocycles. The van der Waals surface area contributed by atoms with Crippen LogP contribution in [0.3, 0.4) is 0 Å². The SMILES string of the molecule is C#Cc1cccc(NC(=O)CN=C(N)NC(C)c2ccc(Cl)cc2Cl)c1. The fraction of sp³-hybridized carbons (Fsp3) is 0.158. The van der Waals surface area contributed by atoms with E-state index in [2.05, 4.69) is 21.5 Å². The molecule has 1 atom stereocenters. The topological polar surface area (TPSA) is 79.5 Å². The van der Waals surface area contributed by atoms with E-state index in [0.717, 1.165) is 5.56 Å². The van der Waals surface area contributed by atoms with Gasteiger partial charge in [0.2, 0.25) is 5.91 Å². The molecule has 134 valence electrons. The molecule has 0 fully saturated rings. The number of carbonyl (C=O) groups excluding carboxylic acids is 1. The predicted molar refractivity (Wildman–Crippen MR) is 108 cm³/mol. The van der Waals surface area contributed by atoms with Crippen LogP contribution in [-0.2, 0) is 4.79 Å². The highest BCUT2D eigenvalue weighted by molar-refractivity contribution is 6.35. The van der Waals surface area contributed by atoms with Crippen molar-refractivity contribution in [1.29, 1.82) is 0 Å². The fourth-order valence-corrected chi connectivity index (χ4v) is 2.81. The summed E-state index contributed by atoms with van der Waals surface area (Å²) in [6.07, 6.45) is 5.33. The summed E-state index contributed by atoms with van der Waals surface area (Å²) in [5.74, 6) is 2.34. The van der Waals surface area contributed by atoms with E-state index in [-0.39, 0.29) is 24.5 Å². The van der Waals surface area contributed by atoms with Crippen molar-refractivity contribution in [2.45, 2.75) is 13.0 Å². The Kier molecular flexibility index (Phi) is 6.90. The molecule has 26 heavy (non-hydrogen) atoms. The largest absolute Gasteiger partial charge is 0.370 e. The van der Waals surface area contributed by atoms with Crippen molar-refractivity contribution in [2.24, 2.45) is 10.7 Å². The first-order valence-corrected chi connectivity index (χ1v) is 8.52. The van der Waals surface area contributed by atoms with E-state index >= 15 is 0 Å². The van der Waals surface area contributed by atoms with Crippen LogP contribution in [0.1, 0.15) is 24.1 Å². The number of halogens is 2. The quantitative estimate of drug-likeness (QED) is 0.416. The van der Waals surface area contributed by atoms with Gasteiger partial charge in [-0.05, 0) is 42.8 Å². The van der Waals surface area contributed by atoms with E-state index in [1.165, 1.54) is 0 Å². The van der Waals surface area contributed by atoms with E-state index in [1.54, 1.807) is 42.5 Å². The zero-order valence-corrected chi connectivity index (χ0v) is 15.6. The number of nitrogens with zero attached hydrogens (tertiary/aromatic N) is 1. The normalized spacial score (nSPS) is 12.2. The number of nitrogens with two attached hydrogens (primary N) is 1. The van der Waals surface area contributed by atoms with E-state index in [1.807, 2.05) is 6.92 Å². The summed E-state index contributed by atoms with van der Waals surface area (Å²) in [7, 11) is 0. The summed E-state index contributed by atoms with van der Waals surface area (Å²) >= 11 is 12.1. The van der Waals surface area contributed by atoms with Crippen molar-refractivity contribution in [3.8, 4) is 12.3 Å². The third kappa shape index (κ3) is 5.69. The van der Waals surface area contributed by atoms with E-state index < -0.39 is 0 Å². The number of hydrogen-bond acceptors (Lipinski definition) is 2. The van der Waals surface area contributed by atoms with Crippen LogP contribution in [0.25, 0.3) is 0 Å². The van der Waals surface area contributed by atoms with Gasteiger partial charge >= 0.3 is 0 Å². The molecule has 2 aromatic carbocycles. The van der Waals surface area contributed by atoms with Gasteiger partial charge in [0.15, 0.2) is 5.96 Å². The first-order chi connectivity index (χ1) is 12.4. The number of hydrogen-bond donors (Lipinski definition) is 3. The van der Waals surface area contributed by atoms with Gasteiger partial charge in [-0.25, -0.2) is 4.99 Å². The van der Waals surface area contributed by atoms with Crippen molar-refractivity contribution in [3.63, 3.8) is 0 Å². The van der Waals surface area contributed by atoms with Crippen LogP contribution in [0, 0.1) is 12.3 Å². The standard InChI is InChI=1S/C19H18Cl2N4O/c1-3-13-5-4-6-15(9-13)25-18(26)11-23-19(22)24-12(2)16-8-7-14(20)10-17(16)21/h1,4-10,12H,11H2,2H3,(H,25,26)(H3,22,23,24). The highest BCUT2D eigenvalue weighted by Crippen LogP contribution is 2.25. The Labute approximate surface area is 162 Å². The summed E-state index contributed by atoms with van der Waals surface area (Å²) in [6, 6.07) is 12.0. The van der Waals surface area contributed by atoms with Gasteiger partial charge in [-0.1, -0.05) is 41.3 Å². The van der Waals surface area contributed by atoms with Crippen LogP contribution in [-0.4, -0.2) is 18.4 Å². The molecule has 0 saturated heterocycles. The van der Waals surface area contributed by atoms with E-state index in [9.17, 15) is 4.79 Å². The molecule has 1 unspecified atom stereocenters. The van der Waals surface area contributed by atoms with Crippen LogP contribution in [0.15, 0.2) is 47.5 Å². The fourth-order valence-electron chi connectivity index (χ4n) is 2.24. The summed E-state index contributed by atoms with van der Waals surface area (Å²) in [4.78, 5) is 16.0. The van der Waals surface area contributed by atoms with Crippen molar-refractivity contribution in [2.75, 3.05) is 11.9 Å². The van der Waals surface area contributed by atoms with Crippen LogP contribution in [0.4, 0.5) is 5.69 Å². The first-order valence-electron chi connectivity index (χ1n) is 7.77. The maximum atomic E-state index is 12.0. The number of terminal acetylenes is 1. The molecule has 2 aromatic rings. The Morgan fingerprint density at radius 1 is 1.31 bits per heavy atom. The number of amides is 1. The molecule has 0 saturated carbocycles. The highest BCUT2D eigenvalue weighted by atomic mass is 35.5. The highest BCUT2D eigenvalue weighted by Gasteiger charge is 2.11. The van der Waals surface area contributed by atoms with Crippen molar-refractivity contribution in [1.82, 2.24) is 5.32 Å². The summed E-state index contributed by atoms with van der Waals surface area (Å²) in [5.41, 5.74) is 7.95. The van der Waals surface area contributed by atoms with Gasteiger partial charge in [0.05, 0.1) is 6.04 Å². The lowest BCUT2D eigenvalue weighted by atomic mass is 10.1. The van der Waals surface area contributed by atoms with Crippen LogP contribution < -0.4 is 16.4 Å². The Morgan fingerprint density at radius 3 is 2.77 bits per heavy atom. The number of benzene rings is 2. The average molecular weight is 389 g/mol. The third-order valence-corrected chi connectivity index (χ3v) is 4.06. The predicted octanol–water partition coefficient (Wildman–Crippen LogP) is 3.58. The summed E-state index contributed by atoms with van der Waals surface area (Å²) in [6.45, 7) is 1.75. The minimum absolute atomic E-state index is 0.125. The molecular formula is C19H18Cl2N4O. The molecule has 0 bridgehead atoms. The molecule has 0 heterocycles. The van der Waals surface area contributed by atoms with Crippen LogP contribution >= 0.6 is 23.2 Å². The van der Waals surface area contributed by atoms with Gasteiger partial charge in [0.1, 0.15) is 6.54 Å². The lowest BCUT2D eigenvalue weighted by molar-refractivity contribution is -0.114. The van der Waals surface area contributed by atoms with Gasteiger partial charge in [0, 0.05) is 21.3 Å². The number of aliphatic imine (C=N–C) groups is 1. The zero-order chi connectivity index (χ0) is 19.1. The molecule has 7 heteroatoms. The van der Waals surface area contributed by atoms with Gasteiger partial charge in [-0.2, -0.15) is 0 Å². The lowest BCUT2D eigenvalue weighted by Crippen LogP contribution is -2.34. The minimum atomic E-state index is -0.305. The van der Waals surface area contributed by atoms with Crippen molar-refractivity contribution >= 4 is 40.8 Å². The number of guanidine groups is 1. The van der Waals surface area contributed by atoms with Gasteiger partial charge in [-0.15, -0.1) is 6.42 Å². The minimum Gasteiger partial charge on any atom is -0.370 e. The smallest absolute Gasteiger partial charge is 0.246 e. The van der Waals surface area contributed by atoms with Gasteiger partial charge < -0.3 is 16.4 Å². The molecule has 0 radical (unpaired) electrons. The second-order valence-corrected chi connectivity index (χ2v) is 6.35. The zero-order valence-electron chi connectivity index (χ0n) is 14.1. The summed E-state index contributed by atoms with van der Waals surface area (Å²) < 4.78 is 0. The molecule has 5 nitrogen and oxygen atoms in total. The third-order valence-electron chi connectivity index (χ3n) is 3.50. The molecule has 4 N–H and O–H groups in total. The molecule has 1 amide bonds. The Bertz CT molecular complexity index is 874. The average Bonchev–Trinajstić information content (AvgIpc) is 2.60. The monoisotopic (exact) mass is 388 g/mol. The number of rotatable bonds is 5. The van der Waals surface area contributed by atoms with Crippen LogP contribution in [0.2, 0.25) is 10.0 Å².